The Morgan fingerprint density at radius 1 is 0.460 bits per heavy atom. The normalized spacial score (nSPS) is 12.3. The van der Waals surface area contributed by atoms with Crippen LogP contribution in [0.15, 0.2) is 24.3 Å². The summed E-state index contributed by atoms with van der Waals surface area (Å²) in [6, 6.07) is 7.85. The van der Waals surface area contributed by atoms with Crippen molar-refractivity contribution in [2.45, 2.75) is 130 Å². The van der Waals surface area contributed by atoms with Gasteiger partial charge in [-0.05, 0) is 67.9 Å². The maximum absolute atomic E-state index is 12.5. The summed E-state index contributed by atoms with van der Waals surface area (Å²) in [5.41, 5.74) is 4.28. The summed E-state index contributed by atoms with van der Waals surface area (Å²) in [4.78, 5) is 49.4. The number of hydrogen-bond donors (Lipinski definition) is 6. The zero-order valence-corrected chi connectivity index (χ0v) is 32.5. The van der Waals surface area contributed by atoms with Gasteiger partial charge >= 0.3 is 11.8 Å². The van der Waals surface area contributed by atoms with E-state index < -0.39 is 11.8 Å². The van der Waals surface area contributed by atoms with Crippen molar-refractivity contribution in [3.05, 3.63) is 57.6 Å². The van der Waals surface area contributed by atoms with Crippen molar-refractivity contribution in [2.75, 3.05) is 26.2 Å². The van der Waals surface area contributed by atoms with Crippen molar-refractivity contribution >= 4 is 23.6 Å². The number of rotatable bonds is 12. The molecule has 2 aromatic carbocycles. The fourth-order valence-electron chi connectivity index (χ4n) is 5.57. The Morgan fingerprint density at radius 2 is 0.700 bits per heavy atom. The number of phenolic OH excluding ortho intramolecular Hbond substituents is 2. The second-order valence-corrected chi connectivity index (χ2v) is 17.3. The molecule has 0 aliphatic heterocycles. The van der Waals surface area contributed by atoms with Crippen LogP contribution >= 0.6 is 0 Å². The van der Waals surface area contributed by atoms with E-state index in [1.54, 1.807) is 0 Å². The molecule has 0 aromatic heterocycles. The van der Waals surface area contributed by atoms with Crippen molar-refractivity contribution < 1.29 is 29.4 Å². The van der Waals surface area contributed by atoms with E-state index in [1.165, 1.54) is 0 Å². The SMILES string of the molecule is CC(C)(C)c1cc(CCC(=O)NCCNC(=O)C(=O)NCCNC(=O)CCc2cc(C(C)(C)C)c(O)c(C(C)(C)C)c2)cc(C(C)(C)C)c1O. The third-order valence-corrected chi connectivity index (χ3v) is 8.52. The molecule has 0 saturated carbocycles. The number of aryl methyl sites for hydroxylation is 2. The van der Waals surface area contributed by atoms with Crippen LogP contribution in [0.4, 0.5) is 0 Å². The lowest BCUT2D eigenvalue weighted by Crippen LogP contribution is -2.44. The van der Waals surface area contributed by atoms with Crippen molar-refractivity contribution in [1.29, 1.82) is 0 Å². The summed E-state index contributed by atoms with van der Waals surface area (Å²) in [7, 11) is 0. The molecule has 4 amide bonds. The predicted molar refractivity (Wildman–Crippen MR) is 200 cm³/mol. The first kappa shape index (κ1) is 42.1. The van der Waals surface area contributed by atoms with E-state index in [2.05, 4.69) is 21.3 Å². The van der Waals surface area contributed by atoms with E-state index in [4.69, 9.17) is 0 Å². The van der Waals surface area contributed by atoms with Gasteiger partial charge in [-0.1, -0.05) is 107 Å². The van der Waals surface area contributed by atoms with E-state index in [0.29, 0.717) is 24.3 Å². The zero-order chi connectivity index (χ0) is 38.2. The number of nitrogens with one attached hydrogen (secondary N) is 4. The molecule has 0 saturated heterocycles. The van der Waals surface area contributed by atoms with Crippen LogP contribution < -0.4 is 21.3 Å². The Morgan fingerprint density at radius 3 is 0.940 bits per heavy atom. The van der Waals surface area contributed by atoms with E-state index in [1.807, 2.05) is 107 Å². The van der Waals surface area contributed by atoms with Crippen LogP contribution in [0.5, 0.6) is 11.5 Å². The van der Waals surface area contributed by atoms with Gasteiger partial charge in [-0.25, -0.2) is 0 Å². The minimum absolute atomic E-state index is 0.0847. The van der Waals surface area contributed by atoms with Crippen molar-refractivity contribution in [1.82, 2.24) is 21.3 Å². The molecule has 10 heteroatoms. The van der Waals surface area contributed by atoms with Crippen molar-refractivity contribution in [2.24, 2.45) is 0 Å². The fourth-order valence-corrected chi connectivity index (χ4v) is 5.57. The van der Waals surface area contributed by atoms with Gasteiger partial charge in [-0.3, -0.25) is 19.2 Å². The van der Waals surface area contributed by atoms with Gasteiger partial charge in [0.2, 0.25) is 11.8 Å². The summed E-state index contributed by atoms with van der Waals surface area (Å²) in [5.74, 6) is -1.41. The fraction of sp³-hybridized carbons (Fsp3) is 0.600. The molecule has 0 heterocycles. The summed E-state index contributed by atoms with van der Waals surface area (Å²) in [6.07, 6.45) is 1.47. The van der Waals surface area contributed by atoms with Crippen molar-refractivity contribution in [3.8, 4) is 11.5 Å². The topological polar surface area (TPSA) is 157 Å². The second-order valence-electron chi connectivity index (χ2n) is 17.3. The Labute approximate surface area is 299 Å². The highest BCUT2D eigenvalue weighted by Crippen LogP contribution is 2.41. The maximum Gasteiger partial charge on any atom is 0.309 e. The summed E-state index contributed by atoms with van der Waals surface area (Å²) >= 11 is 0. The molecule has 0 unspecified atom stereocenters. The zero-order valence-electron chi connectivity index (χ0n) is 32.5. The number of carbonyl (C=O) groups excluding carboxylic acids is 4. The Kier molecular flexibility index (Phi) is 14.1. The number of benzene rings is 2. The van der Waals surface area contributed by atoms with Crippen LogP contribution in [0.3, 0.4) is 0 Å². The molecule has 0 aliphatic carbocycles. The van der Waals surface area contributed by atoms with Crippen molar-refractivity contribution in [3.63, 3.8) is 0 Å². The molecule has 2 rings (SSSR count). The third kappa shape index (κ3) is 12.7. The number of amides is 4. The number of hydrogen-bond acceptors (Lipinski definition) is 6. The van der Waals surface area contributed by atoms with E-state index in [-0.39, 0.29) is 72.5 Å². The van der Waals surface area contributed by atoms with Gasteiger partial charge < -0.3 is 31.5 Å². The minimum atomic E-state index is -0.823. The van der Waals surface area contributed by atoms with E-state index in [9.17, 15) is 29.4 Å². The molecule has 0 aliphatic rings. The van der Waals surface area contributed by atoms with Gasteiger partial charge in [0.1, 0.15) is 11.5 Å². The Hall–Kier alpha value is -4.08. The molecule has 0 atom stereocenters. The molecule has 10 nitrogen and oxygen atoms in total. The van der Waals surface area contributed by atoms with Gasteiger partial charge in [0.25, 0.3) is 0 Å². The van der Waals surface area contributed by atoms with Gasteiger partial charge in [-0.2, -0.15) is 0 Å². The first-order valence-corrected chi connectivity index (χ1v) is 17.7. The largest absolute Gasteiger partial charge is 0.507 e. The quantitative estimate of drug-likeness (QED) is 0.131. The lowest BCUT2D eigenvalue weighted by Gasteiger charge is -2.28. The molecular formula is C40H62N4O6. The first-order chi connectivity index (χ1) is 22.8. The van der Waals surface area contributed by atoms with Crippen LogP contribution in [0.25, 0.3) is 0 Å². The van der Waals surface area contributed by atoms with Gasteiger partial charge in [-0.15, -0.1) is 0 Å². The van der Waals surface area contributed by atoms with E-state index in [0.717, 1.165) is 33.4 Å². The van der Waals surface area contributed by atoms with E-state index >= 15 is 0 Å². The standard InChI is InChI=1S/C40H62N4O6/c1-37(2,3)27-21-25(22-28(33(27)47)38(4,5)6)13-15-31(45)41-17-19-43-35(49)36(50)44-20-18-42-32(46)16-14-26-23-29(39(7,8)9)34(48)30(24-26)40(10,11)12/h21-24,47-48H,13-20H2,1-12H3,(H,41,45)(H,42,46)(H,43,49)(H,44,50). The predicted octanol–water partition coefficient (Wildman–Crippen LogP) is 5.32. The molecule has 50 heavy (non-hydrogen) atoms. The number of phenols is 2. The Bertz CT molecular complexity index is 1350. The van der Waals surface area contributed by atoms with Crippen LogP contribution in [0, 0.1) is 0 Å². The summed E-state index contributed by atoms with van der Waals surface area (Å²) < 4.78 is 0. The molecule has 0 spiro atoms. The molecule has 0 fully saturated rings. The smallest absolute Gasteiger partial charge is 0.309 e. The number of aromatic hydroxyl groups is 2. The van der Waals surface area contributed by atoms with Crippen LogP contribution in [0.2, 0.25) is 0 Å². The summed E-state index contributed by atoms with van der Waals surface area (Å²) in [5, 5.41) is 32.4. The monoisotopic (exact) mass is 694 g/mol. The molecule has 0 bridgehead atoms. The molecule has 278 valence electrons. The molecular weight excluding hydrogens is 632 g/mol. The van der Waals surface area contributed by atoms with Gasteiger partial charge in [0.15, 0.2) is 0 Å². The molecule has 0 radical (unpaired) electrons. The minimum Gasteiger partial charge on any atom is -0.507 e. The highest BCUT2D eigenvalue weighted by atomic mass is 16.3. The van der Waals surface area contributed by atoms with Gasteiger partial charge in [0.05, 0.1) is 0 Å². The first-order valence-electron chi connectivity index (χ1n) is 17.7. The van der Waals surface area contributed by atoms with Crippen LogP contribution in [0.1, 0.15) is 129 Å². The lowest BCUT2D eigenvalue weighted by molar-refractivity contribution is -0.139. The second kappa shape index (κ2) is 16.8. The average Bonchev–Trinajstić information content (AvgIpc) is 2.97. The van der Waals surface area contributed by atoms with Crippen LogP contribution in [-0.2, 0) is 53.7 Å². The average molecular weight is 695 g/mol. The highest BCUT2D eigenvalue weighted by Gasteiger charge is 2.28. The molecule has 6 N–H and O–H groups in total. The van der Waals surface area contributed by atoms with Gasteiger partial charge in [0, 0.05) is 39.0 Å². The lowest BCUT2D eigenvalue weighted by atomic mass is 9.78. The maximum atomic E-state index is 12.5. The summed E-state index contributed by atoms with van der Waals surface area (Å²) in [6.45, 7) is 25.0. The molecule has 2 aromatic rings. The Balaban J connectivity index is 1.74. The highest BCUT2D eigenvalue weighted by molar-refractivity contribution is 6.35. The number of carbonyl (C=O) groups is 4. The third-order valence-electron chi connectivity index (χ3n) is 8.52. The van der Waals surface area contributed by atoms with Crippen LogP contribution in [-0.4, -0.2) is 60.0 Å².